The second kappa shape index (κ2) is 7.51. The Morgan fingerprint density at radius 1 is 1.06 bits per heavy atom. The van der Waals surface area contributed by atoms with Gasteiger partial charge < -0.3 is 9.47 Å². The van der Waals surface area contributed by atoms with Gasteiger partial charge >= 0.3 is 6.18 Å². The fourth-order valence-corrected chi connectivity index (χ4v) is 5.57. The number of nitrogens with zero attached hydrogens (tertiary/aromatic N) is 1. The molecule has 1 heterocycles. The summed E-state index contributed by atoms with van der Waals surface area (Å²) < 4.78 is 79.2. The highest BCUT2D eigenvalue weighted by Crippen LogP contribution is 2.48. The molecular weight excluding hydrogens is 431 g/mol. The Kier molecular flexibility index (Phi) is 5.23. The molecule has 2 aromatic rings. The molecule has 9 heteroatoms. The number of benzene rings is 2. The average Bonchev–Trinajstić information content (AvgIpc) is 2.76. The summed E-state index contributed by atoms with van der Waals surface area (Å²) in [6.07, 6.45) is -1.65. The van der Waals surface area contributed by atoms with Crippen LogP contribution in [0, 0.1) is 0 Å². The molecule has 0 unspecified atom stereocenters. The Morgan fingerprint density at radius 2 is 1.74 bits per heavy atom. The van der Waals surface area contributed by atoms with E-state index in [-0.39, 0.29) is 23.6 Å². The van der Waals surface area contributed by atoms with Crippen LogP contribution in [0.1, 0.15) is 23.1 Å². The predicted molar refractivity (Wildman–Crippen MR) is 110 cm³/mol. The standard InChI is InChI=1S/C22H20F3NO4S/c1-29-21(30-2)11-10-20-18(13-21)17-9-8-16(22(23,24)25)12-19(17)26(31(20,27)28)14-15-6-4-3-5-7-15/h3-12H,13-14H2,1-2H3. The van der Waals surface area contributed by atoms with Gasteiger partial charge in [-0.2, -0.15) is 13.2 Å². The summed E-state index contributed by atoms with van der Waals surface area (Å²) in [5, 5.41) is 0. The number of halogens is 3. The summed E-state index contributed by atoms with van der Waals surface area (Å²) in [7, 11) is -1.27. The Balaban J connectivity index is 1.93. The van der Waals surface area contributed by atoms with Gasteiger partial charge in [-0.25, -0.2) is 8.42 Å². The molecule has 4 rings (SSSR count). The predicted octanol–water partition coefficient (Wildman–Crippen LogP) is 4.72. The number of methoxy groups -OCH3 is 2. The maximum Gasteiger partial charge on any atom is 0.416 e. The minimum absolute atomic E-state index is 0.0196. The summed E-state index contributed by atoms with van der Waals surface area (Å²) in [6.45, 7) is -0.0954. The van der Waals surface area contributed by atoms with Crippen LogP contribution in [0.2, 0.25) is 0 Å². The van der Waals surface area contributed by atoms with Crippen molar-refractivity contribution in [3.63, 3.8) is 0 Å². The zero-order valence-corrected chi connectivity index (χ0v) is 17.6. The van der Waals surface area contributed by atoms with Crippen molar-refractivity contribution in [2.45, 2.75) is 24.9 Å². The summed E-state index contributed by atoms with van der Waals surface area (Å²) in [4.78, 5) is 0.0282. The number of hydrogen-bond acceptors (Lipinski definition) is 4. The monoisotopic (exact) mass is 451 g/mol. The zero-order valence-electron chi connectivity index (χ0n) is 16.8. The van der Waals surface area contributed by atoms with Crippen LogP contribution in [0.25, 0.3) is 5.57 Å². The number of anilines is 1. The van der Waals surface area contributed by atoms with Crippen LogP contribution in [0.4, 0.5) is 18.9 Å². The first-order chi connectivity index (χ1) is 14.6. The minimum Gasteiger partial charge on any atom is -0.349 e. The van der Waals surface area contributed by atoms with Crippen molar-refractivity contribution in [3.05, 3.63) is 82.3 Å². The molecule has 0 saturated heterocycles. The van der Waals surface area contributed by atoms with Crippen molar-refractivity contribution >= 4 is 21.3 Å². The van der Waals surface area contributed by atoms with E-state index >= 15 is 0 Å². The SMILES string of the molecule is COC1(OC)C=CC2=C(C1)c1ccc(C(F)(F)F)cc1N(Cc1ccccc1)S2(=O)=O. The number of ether oxygens (including phenoxy) is 2. The van der Waals surface area contributed by atoms with Gasteiger partial charge in [0.1, 0.15) is 0 Å². The largest absolute Gasteiger partial charge is 0.416 e. The van der Waals surface area contributed by atoms with Gasteiger partial charge in [-0.3, -0.25) is 4.31 Å². The maximum absolute atomic E-state index is 13.5. The lowest BCUT2D eigenvalue weighted by atomic mass is 9.91. The van der Waals surface area contributed by atoms with Gasteiger partial charge in [-0.05, 0) is 35.4 Å². The first-order valence-electron chi connectivity index (χ1n) is 9.42. The highest BCUT2D eigenvalue weighted by atomic mass is 32.2. The number of fused-ring (bicyclic) bond motifs is 2. The minimum atomic E-state index is -4.61. The van der Waals surface area contributed by atoms with Crippen molar-refractivity contribution in [2.24, 2.45) is 0 Å². The molecule has 0 saturated carbocycles. The first kappa shape index (κ1) is 21.6. The fraction of sp³-hybridized carbons (Fsp3) is 0.273. The van der Waals surface area contributed by atoms with Crippen molar-refractivity contribution in [3.8, 4) is 0 Å². The lowest BCUT2D eigenvalue weighted by Crippen LogP contribution is -2.40. The summed E-state index contributed by atoms with van der Waals surface area (Å²) in [6, 6.07) is 11.9. The average molecular weight is 451 g/mol. The molecule has 0 N–H and O–H groups in total. The molecule has 0 spiro atoms. The Morgan fingerprint density at radius 3 is 2.35 bits per heavy atom. The second-order valence-electron chi connectivity index (χ2n) is 7.30. The Hall–Kier alpha value is -2.62. The van der Waals surface area contributed by atoms with Crippen molar-refractivity contribution in [1.82, 2.24) is 0 Å². The Labute approximate surface area is 178 Å². The van der Waals surface area contributed by atoms with Crippen LogP contribution in [0.5, 0.6) is 0 Å². The van der Waals surface area contributed by atoms with Crippen molar-refractivity contribution in [2.75, 3.05) is 18.5 Å². The van der Waals surface area contributed by atoms with Gasteiger partial charge in [0.25, 0.3) is 10.0 Å². The molecule has 5 nitrogen and oxygen atoms in total. The quantitative estimate of drug-likeness (QED) is 0.632. The molecule has 0 bridgehead atoms. The number of hydrogen-bond donors (Lipinski definition) is 0. The molecule has 0 amide bonds. The van der Waals surface area contributed by atoms with E-state index in [1.165, 1.54) is 32.4 Å². The third-order valence-electron chi connectivity index (χ3n) is 5.56. The molecule has 0 radical (unpaired) electrons. The second-order valence-corrected chi connectivity index (χ2v) is 9.13. The molecule has 31 heavy (non-hydrogen) atoms. The zero-order chi connectivity index (χ0) is 22.4. The van der Waals surface area contributed by atoms with Crippen LogP contribution < -0.4 is 4.31 Å². The molecule has 2 aromatic carbocycles. The summed E-state index contributed by atoms with van der Waals surface area (Å²) in [5.41, 5.74) is 0.478. The molecule has 164 valence electrons. The molecule has 1 aliphatic heterocycles. The third kappa shape index (κ3) is 3.66. The topological polar surface area (TPSA) is 55.8 Å². The van der Waals surface area contributed by atoms with Crippen LogP contribution in [-0.4, -0.2) is 28.4 Å². The van der Waals surface area contributed by atoms with Gasteiger partial charge in [0.15, 0.2) is 5.79 Å². The van der Waals surface area contributed by atoms with Gasteiger partial charge in [-0.15, -0.1) is 0 Å². The van der Waals surface area contributed by atoms with Gasteiger partial charge in [-0.1, -0.05) is 36.4 Å². The van der Waals surface area contributed by atoms with Crippen LogP contribution in [-0.2, 0) is 32.2 Å². The molecule has 0 atom stereocenters. The van der Waals surface area contributed by atoms with E-state index in [0.717, 1.165) is 16.4 Å². The number of alkyl halides is 3. The lowest BCUT2D eigenvalue weighted by Gasteiger charge is -2.39. The number of allylic oxidation sites excluding steroid dienone is 1. The van der Waals surface area contributed by atoms with E-state index in [9.17, 15) is 21.6 Å². The van der Waals surface area contributed by atoms with E-state index in [2.05, 4.69) is 0 Å². The summed E-state index contributed by atoms with van der Waals surface area (Å²) >= 11 is 0. The fourth-order valence-electron chi connectivity index (χ4n) is 3.87. The number of rotatable bonds is 4. The normalized spacial score (nSPS) is 19.2. The van der Waals surface area contributed by atoms with E-state index in [4.69, 9.17) is 9.47 Å². The highest BCUT2D eigenvalue weighted by Gasteiger charge is 2.43. The third-order valence-corrected chi connectivity index (χ3v) is 7.40. The van der Waals surface area contributed by atoms with Crippen LogP contribution in [0.15, 0.2) is 65.6 Å². The van der Waals surface area contributed by atoms with E-state index in [0.29, 0.717) is 16.7 Å². The van der Waals surface area contributed by atoms with Crippen LogP contribution >= 0.6 is 0 Å². The first-order valence-corrected chi connectivity index (χ1v) is 10.9. The number of sulfonamides is 1. The molecule has 0 fully saturated rings. The van der Waals surface area contributed by atoms with Crippen molar-refractivity contribution in [1.29, 1.82) is 0 Å². The molecule has 1 aliphatic carbocycles. The summed E-state index contributed by atoms with van der Waals surface area (Å²) in [5.74, 6) is -1.20. The molecular formula is C22H20F3NO4S. The van der Waals surface area contributed by atoms with E-state index < -0.39 is 27.6 Å². The van der Waals surface area contributed by atoms with Crippen LogP contribution in [0.3, 0.4) is 0 Å². The van der Waals surface area contributed by atoms with E-state index in [1.807, 2.05) is 0 Å². The van der Waals surface area contributed by atoms with Gasteiger partial charge in [0.2, 0.25) is 0 Å². The van der Waals surface area contributed by atoms with Crippen molar-refractivity contribution < 1.29 is 31.1 Å². The smallest absolute Gasteiger partial charge is 0.349 e. The maximum atomic E-state index is 13.5. The van der Waals surface area contributed by atoms with Gasteiger partial charge in [0.05, 0.1) is 22.7 Å². The lowest BCUT2D eigenvalue weighted by molar-refractivity contribution is -0.166. The molecule has 0 aromatic heterocycles. The van der Waals surface area contributed by atoms with E-state index in [1.54, 1.807) is 30.3 Å². The molecule has 2 aliphatic rings. The Bertz CT molecular complexity index is 1170. The van der Waals surface area contributed by atoms with Gasteiger partial charge in [0, 0.05) is 26.2 Å². The highest BCUT2D eigenvalue weighted by molar-refractivity contribution is 7.97.